The molecular formula is C73H58FN3O17S6. The quantitative estimate of drug-likeness (QED) is 0.0597. The molecule has 0 bridgehead atoms. The Morgan fingerprint density at radius 1 is 0.400 bits per heavy atom. The van der Waals surface area contributed by atoms with Gasteiger partial charge in [0.15, 0.2) is 17.3 Å². The number of fused-ring (bicyclic) bond motifs is 3. The van der Waals surface area contributed by atoms with Gasteiger partial charge in [-0.25, -0.2) is 4.39 Å². The van der Waals surface area contributed by atoms with Gasteiger partial charge in [0, 0.05) is 39.4 Å². The van der Waals surface area contributed by atoms with Crippen molar-refractivity contribution in [1.82, 2.24) is 0 Å². The van der Waals surface area contributed by atoms with Crippen molar-refractivity contribution in [1.29, 1.82) is 0 Å². The number of para-hydroxylation sites is 1. The third-order valence-corrected chi connectivity index (χ3v) is 22.1. The summed E-state index contributed by atoms with van der Waals surface area (Å²) < 4.78 is 116. The van der Waals surface area contributed by atoms with Crippen molar-refractivity contribution in [3.8, 4) is 28.4 Å². The van der Waals surface area contributed by atoms with Crippen LogP contribution in [0.4, 0.5) is 4.39 Å². The number of ether oxygens (including phenoxy) is 2. The Hall–Kier alpha value is -10.2. The largest absolute Gasteiger partial charge is 0.490 e. The SMILES string of the molecule is O=C(O)CSC1=CC(=NS(=O)(=O)c2ccc(-c3cccc(F)c3)cc2)c2ccccc2C1=O.O=C(O)CSC1=CC(=NS(=O)(=O)c2ccc(OC3CCCCCC3)cc2)c2ccccc2C1=O.O=C(O)CSC1=CC(=NS(=O)(=O)c2cccc(Oc3ccccc3)c2)c2ccccc2C1=O. The first-order chi connectivity index (χ1) is 47.9. The Kier molecular flexibility index (Phi) is 23.7. The number of Topliss-reactive ketones (excluding diaryl/α,β-unsaturated/α-hetero) is 3. The Balaban J connectivity index is 0.000000162. The van der Waals surface area contributed by atoms with Gasteiger partial charge in [0.2, 0.25) is 0 Å². The molecule has 0 unspecified atom stereocenters. The zero-order chi connectivity index (χ0) is 71.1. The second kappa shape index (κ2) is 32.7. The molecule has 1 fully saturated rings. The molecule has 0 radical (unpaired) electrons. The molecule has 0 saturated heterocycles. The number of ketones is 3. The number of carboxylic acid groups (broad SMARTS) is 3. The van der Waals surface area contributed by atoms with Crippen molar-refractivity contribution in [2.75, 3.05) is 17.3 Å². The lowest BCUT2D eigenvalue weighted by Crippen LogP contribution is -2.18. The Labute approximate surface area is 587 Å². The lowest BCUT2D eigenvalue weighted by molar-refractivity contribution is -0.134. The molecule has 12 rings (SSSR count). The fourth-order valence-electron chi connectivity index (χ4n) is 10.5. The molecule has 0 atom stereocenters. The number of rotatable bonds is 20. The molecule has 510 valence electrons. The van der Waals surface area contributed by atoms with Gasteiger partial charge in [-0.05, 0) is 128 Å². The highest BCUT2D eigenvalue weighted by atomic mass is 32.2. The number of sulfonamides is 3. The van der Waals surface area contributed by atoms with Crippen LogP contribution in [-0.4, -0.2) is 116 Å². The predicted molar refractivity (Wildman–Crippen MR) is 381 cm³/mol. The zero-order valence-corrected chi connectivity index (χ0v) is 57.4. The fourth-order valence-corrected chi connectivity index (χ4v) is 15.6. The van der Waals surface area contributed by atoms with E-state index in [2.05, 4.69) is 13.2 Å². The maximum atomic E-state index is 13.5. The zero-order valence-electron chi connectivity index (χ0n) is 52.5. The number of carbonyl (C=O) groups is 6. The van der Waals surface area contributed by atoms with Gasteiger partial charge in [-0.1, -0.05) is 134 Å². The summed E-state index contributed by atoms with van der Waals surface area (Å²) in [5.41, 5.74) is 3.37. The van der Waals surface area contributed by atoms with Crippen LogP contribution in [0.3, 0.4) is 0 Å². The van der Waals surface area contributed by atoms with Crippen LogP contribution in [0.25, 0.3) is 11.1 Å². The maximum Gasteiger partial charge on any atom is 0.313 e. The van der Waals surface area contributed by atoms with Gasteiger partial charge in [0.1, 0.15) is 23.1 Å². The number of carboxylic acids is 3. The maximum absolute atomic E-state index is 13.5. The highest BCUT2D eigenvalue weighted by molar-refractivity contribution is 8.05. The molecule has 0 aliphatic heterocycles. The number of thioether (sulfide) groups is 3. The summed E-state index contributed by atoms with van der Waals surface area (Å²) in [6.07, 6.45) is 10.8. The van der Waals surface area contributed by atoms with Crippen LogP contribution in [-0.2, 0) is 44.5 Å². The normalized spacial score (nSPS) is 15.8. The first-order valence-corrected chi connectivity index (χ1v) is 37.8. The van der Waals surface area contributed by atoms with Gasteiger partial charge in [0.05, 0.1) is 69.9 Å². The van der Waals surface area contributed by atoms with Crippen LogP contribution in [0, 0.1) is 5.82 Å². The monoisotopic (exact) mass is 1460 g/mol. The number of halogens is 1. The Morgan fingerprint density at radius 2 is 0.780 bits per heavy atom. The van der Waals surface area contributed by atoms with E-state index in [4.69, 9.17) is 24.8 Å². The number of allylic oxidation sites excluding steroid dienone is 6. The van der Waals surface area contributed by atoms with Crippen molar-refractivity contribution in [3.63, 3.8) is 0 Å². The summed E-state index contributed by atoms with van der Waals surface area (Å²) in [5, 5.41) is 26.9. The number of nitrogens with zero attached hydrogens (tertiary/aromatic N) is 3. The van der Waals surface area contributed by atoms with Crippen molar-refractivity contribution in [2.24, 2.45) is 13.2 Å². The minimum atomic E-state index is -4.16. The second-order valence-corrected chi connectivity index (χ2v) is 30.0. The second-order valence-electron chi connectivity index (χ2n) is 22.2. The molecular weight excluding hydrogens is 1400 g/mol. The summed E-state index contributed by atoms with van der Waals surface area (Å²) in [5.74, 6) is -4.25. The smallest absolute Gasteiger partial charge is 0.313 e. The molecule has 3 N–H and O–H groups in total. The van der Waals surface area contributed by atoms with Gasteiger partial charge in [-0.3, -0.25) is 28.8 Å². The highest BCUT2D eigenvalue weighted by Gasteiger charge is 2.31. The summed E-state index contributed by atoms with van der Waals surface area (Å²) >= 11 is 2.47. The molecule has 4 aliphatic carbocycles. The average Bonchev–Trinajstić information content (AvgIpc) is 0.879. The van der Waals surface area contributed by atoms with Crippen molar-refractivity contribution in [3.05, 3.63) is 272 Å². The van der Waals surface area contributed by atoms with Crippen LogP contribution in [0.2, 0.25) is 0 Å². The van der Waals surface area contributed by atoms with Crippen LogP contribution in [0.15, 0.2) is 261 Å². The van der Waals surface area contributed by atoms with E-state index in [1.807, 2.05) is 6.07 Å². The average molecular weight is 1460 g/mol. The van der Waals surface area contributed by atoms with Crippen molar-refractivity contribution in [2.45, 2.75) is 59.3 Å². The van der Waals surface area contributed by atoms with E-state index in [1.165, 1.54) is 79.6 Å². The molecule has 100 heavy (non-hydrogen) atoms. The third-order valence-electron chi connectivity index (χ3n) is 15.1. The van der Waals surface area contributed by atoms with E-state index < -0.39 is 53.8 Å². The predicted octanol–water partition coefficient (Wildman–Crippen LogP) is 14.0. The van der Waals surface area contributed by atoms with E-state index in [0.29, 0.717) is 50.6 Å². The topological polar surface area (TPSA) is 321 Å². The number of benzene rings is 8. The lowest BCUT2D eigenvalue weighted by Gasteiger charge is -2.17. The number of hydrogen-bond acceptors (Lipinski definition) is 17. The molecule has 1 saturated carbocycles. The van der Waals surface area contributed by atoms with Gasteiger partial charge < -0.3 is 24.8 Å². The van der Waals surface area contributed by atoms with Gasteiger partial charge in [-0.15, -0.1) is 35.3 Å². The molecule has 20 nitrogen and oxygen atoms in total. The minimum Gasteiger partial charge on any atom is -0.490 e. The standard InChI is InChI=1S/C25H25NO6S2.C24H16FNO5S2.C24H17NO6S2/c27-24(28)16-33-23-15-22(20-9-5-6-10-21(20)25(23)29)26-34(30,31)19-13-11-18(12-14-19)32-17-7-3-1-2-4-8-17;25-17-5-3-4-16(12-17)15-8-10-18(11-9-15)33(30,31)26-21-13-22(32-14-23(27)28)24(29)20-7-2-1-6-19(20)21;26-23(27)15-32-22-14-21(19-11-4-5-12-20(19)24(22)28)25-33(29,30)18-10-6-9-17(13-18)31-16-7-2-1-3-8-16/h5-6,9-15,17H,1-4,7-8,16H2,(H,27,28);1-13H,14H2,(H,27,28);1-14H,15H2,(H,26,27). The molecule has 0 amide bonds. The van der Waals surface area contributed by atoms with E-state index in [0.717, 1.165) is 61.0 Å². The first-order valence-electron chi connectivity index (χ1n) is 30.5. The van der Waals surface area contributed by atoms with Gasteiger partial charge in [0.25, 0.3) is 30.1 Å². The van der Waals surface area contributed by atoms with Crippen molar-refractivity contribution >= 4 is 118 Å². The summed E-state index contributed by atoms with van der Waals surface area (Å²) in [7, 11) is -12.4. The summed E-state index contributed by atoms with van der Waals surface area (Å²) in [6.45, 7) is 0. The fraction of sp³-hybridized carbons (Fsp3) is 0.137. The number of aliphatic carboxylic acids is 3. The van der Waals surface area contributed by atoms with Crippen LogP contribution >= 0.6 is 35.3 Å². The number of carbonyl (C=O) groups excluding carboxylic acids is 3. The summed E-state index contributed by atoms with van der Waals surface area (Å²) in [6, 6.07) is 52.4. The van der Waals surface area contributed by atoms with Crippen molar-refractivity contribution < 1.29 is 83.2 Å². The molecule has 0 heterocycles. The molecule has 0 spiro atoms. The molecule has 0 aromatic heterocycles. The Bertz CT molecular complexity index is 5070. The van der Waals surface area contributed by atoms with Crippen LogP contribution in [0.1, 0.15) is 86.3 Å². The molecule has 8 aromatic rings. The molecule has 4 aliphatic rings. The summed E-state index contributed by atoms with van der Waals surface area (Å²) in [4.78, 5) is 71.2. The minimum absolute atomic E-state index is 0.00994. The number of hydrogen-bond donors (Lipinski definition) is 3. The Morgan fingerprint density at radius 3 is 1.20 bits per heavy atom. The lowest BCUT2D eigenvalue weighted by atomic mass is 9.94. The van der Waals surface area contributed by atoms with E-state index in [9.17, 15) is 58.4 Å². The first kappa shape index (κ1) is 72.6. The third kappa shape index (κ3) is 18.8. The highest BCUT2D eigenvalue weighted by Crippen LogP contribution is 2.35. The van der Waals surface area contributed by atoms with Gasteiger partial charge in [-0.2, -0.15) is 38.4 Å². The van der Waals surface area contributed by atoms with E-state index in [-0.39, 0.29) is 98.4 Å². The van der Waals surface area contributed by atoms with E-state index >= 15 is 0 Å². The van der Waals surface area contributed by atoms with E-state index in [1.54, 1.807) is 146 Å². The van der Waals surface area contributed by atoms with Crippen LogP contribution in [0.5, 0.6) is 17.2 Å². The molecule has 27 heteroatoms. The van der Waals surface area contributed by atoms with Crippen LogP contribution < -0.4 is 9.47 Å². The molecule has 8 aromatic carbocycles. The van der Waals surface area contributed by atoms with Gasteiger partial charge >= 0.3 is 17.9 Å².